The van der Waals surface area contributed by atoms with Gasteiger partial charge in [0.2, 0.25) is 5.82 Å². The Labute approximate surface area is 175 Å². The Kier molecular flexibility index (Phi) is 5.76. The summed E-state index contributed by atoms with van der Waals surface area (Å²) >= 11 is 3.30. The van der Waals surface area contributed by atoms with Gasteiger partial charge in [0.25, 0.3) is 5.91 Å². The highest BCUT2D eigenvalue weighted by molar-refractivity contribution is 9.10. The van der Waals surface area contributed by atoms with Crippen molar-refractivity contribution >= 4 is 44.3 Å². The number of hydrogen-bond donors (Lipinski definition) is 3. The van der Waals surface area contributed by atoms with Gasteiger partial charge < -0.3 is 10.2 Å². The Morgan fingerprint density at radius 3 is 2.13 bits per heavy atom. The molecule has 0 radical (unpaired) electrons. The molecule has 0 atom stereocenters. The van der Waals surface area contributed by atoms with Crippen molar-refractivity contribution in [3.8, 4) is 17.0 Å². The van der Waals surface area contributed by atoms with Gasteiger partial charge in [0, 0.05) is 4.47 Å². The van der Waals surface area contributed by atoms with Crippen LogP contribution in [0.4, 0.5) is 27.1 Å². The van der Waals surface area contributed by atoms with Crippen LogP contribution in [-0.4, -0.2) is 27.1 Å². The summed E-state index contributed by atoms with van der Waals surface area (Å²) in [5.41, 5.74) is -2.87. The number of anilines is 1. The number of nitrogens with zero attached hydrogens (tertiary/aromatic N) is 1. The predicted octanol–water partition coefficient (Wildman–Crippen LogP) is 4.92. The Balaban J connectivity index is 2.11. The topological polar surface area (TPSA) is 99.5 Å². The van der Waals surface area contributed by atoms with E-state index in [-0.39, 0.29) is 16.9 Å². The molecule has 3 N–H and O–H groups in total. The number of carbonyl (C=O) groups excluding carboxylic acids is 1. The maximum atomic E-state index is 14.1. The van der Waals surface area contributed by atoms with Crippen LogP contribution >= 0.6 is 27.3 Å². The molecule has 1 aromatic heterocycles. The molecule has 3 rings (SSSR count). The molecule has 0 aliphatic rings. The first-order valence-corrected chi connectivity index (χ1v) is 9.19. The number of aromatic carboxylic acids is 1. The number of halogens is 6. The van der Waals surface area contributed by atoms with E-state index in [4.69, 9.17) is 0 Å². The van der Waals surface area contributed by atoms with Gasteiger partial charge in [0.05, 0.1) is 11.1 Å². The summed E-state index contributed by atoms with van der Waals surface area (Å²) in [5, 5.41) is 20.6. The molecule has 0 aliphatic carbocycles. The molecule has 0 fully saturated rings. The summed E-state index contributed by atoms with van der Waals surface area (Å²) in [6, 6.07) is 3.84. The predicted molar refractivity (Wildman–Crippen MR) is 98.1 cm³/mol. The van der Waals surface area contributed by atoms with Gasteiger partial charge in [-0.1, -0.05) is 27.3 Å². The van der Waals surface area contributed by atoms with E-state index in [1.54, 1.807) is 0 Å². The molecule has 0 unspecified atom stereocenters. The van der Waals surface area contributed by atoms with E-state index in [1.807, 2.05) is 0 Å². The Morgan fingerprint density at radius 1 is 1.00 bits per heavy atom. The first-order valence-electron chi connectivity index (χ1n) is 7.58. The molecule has 0 saturated carbocycles. The SMILES string of the molecule is O=C(Nc1nc(-c2c(F)c(F)c(F)c(F)c2F)c(C(=O)O)s1)c1cc(Br)ccc1O. The largest absolute Gasteiger partial charge is 0.507 e. The van der Waals surface area contributed by atoms with Gasteiger partial charge in [-0.05, 0) is 18.2 Å². The van der Waals surface area contributed by atoms with Crippen LogP contribution in [0.25, 0.3) is 11.3 Å². The number of benzene rings is 2. The maximum Gasteiger partial charge on any atom is 0.348 e. The number of amides is 1. The molecule has 0 spiro atoms. The zero-order valence-corrected chi connectivity index (χ0v) is 16.5. The fourth-order valence-corrected chi connectivity index (χ4v) is 3.52. The van der Waals surface area contributed by atoms with Gasteiger partial charge in [-0.15, -0.1) is 0 Å². The van der Waals surface area contributed by atoms with Crippen molar-refractivity contribution in [3.63, 3.8) is 0 Å². The van der Waals surface area contributed by atoms with E-state index < -0.39 is 68.0 Å². The molecular weight excluding hydrogens is 503 g/mol. The number of aromatic nitrogens is 1. The lowest BCUT2D eigenvalue weighted by atomic mass is 10.1. The molecule has 2 aromatic carbocycles. The molecule has 13 heteroatoms. The van der Waals surface area contributed by atoms with Crippen molar-refractivity contribution in [2.75, 3.05) is 5.32 Å². The average molecular weight is 509 g/mol. The summed E-state index contributed by atoms with van der Waals surface area (Å²) in [6.07, 6.45) is 0. The highest BCUT2D eigenvalue weighted by Crippen LogP contribution is 2.37. The van der Waals surface area contributed by atoms with Crippen LogP contribution in [0, 0.1) is 29.1 Å². The van der Waals surface area contributed by atoms with Gasteiger partial charge in [-0.25, -0.2) is 31.7 Å². The van der Waals surface area contributed by atoms with Crippen LogP contribution < -0.4 is 5.32 Å². The molecule has 0 saturated heterocycles. The molecule has 3 aromatic rings. The van der Waals surface area contributed by atoms with E-state index >= 15 is 0 Å². The molecule has 1 heterocycles. The average Bonchev–Trinajstić information content (AvgIpc) is 3.10. The van der Waals surface area contributed by atoms with Crippen molar-refractivity contribution in [1.29, 1.82) is 0 Å². The number of carboxylic acids is 1. The Hall–Kier alpha value is -3.06. The summed E-state index contributed by atoms with van der Waals surface area (Å²) in [5.74, 6) is -14.7. The molecule has 156 valence electrons. The standard InChI is InChI=1S/C17H6BrF5N2O4S/c18-4-1-2-6(26)5(3-4)15(27)25-17-24-13(14(30-17)16(28)29)7-8(19)10(21)12(23)11(22)9(7)20/h1-3,26H,(H,28,29)(H,24,25,27). The van der Waals surface area contributed by atoms with Crippen LogP contribution in [0.15, 0.2) is 22.7 Å². The van der Waals surface area contributed by atoms with E-state index in [9.17, 15) is 41.8 Å². The second kappa shape index (κ2) is 7.99. The number of carboxylic acid groups (broad SMARTS) is 1. The van der Waals surface area contributed by atoms with E-state index in [2.05, 4.69) is 26.2 Å². The number of carbonyl (C=O) groups is 2. The summed E-state index contributed by atoms with van der Waals surface area (Å²) < 4.78 is 68.9. The third-order valence-corrected chi connectivity index (χ3v) is 5.14. The third kappa shape index (κ3) is 3.73. The number of nitrogens with one attached hydrogen (secondary N) is 1. The second-order valence-electron chi connectivity index (χ2n) is 5.56. The number of phenols is 1. The number of thiazole rings is 1. The third-order valence-electron chi connectivity index (χ3n) is 3.69. The minimum Gasteiger partial charge on any atom is -0.507 e. The first-order chi connectivity index (χ1) is 14.0. The quantitative estimate of drug-likeness (QED) is 0.264. The van der Waals surface area contributed by atoms with Crippen LogP contribution in [0.5, 0.6) is 5.75 Å². The minimum absolute atomic E-state index is 0.221. The highest BCUT2D eigenvalue weighted by atomic mass is 79.9. The lowest BCUT2D eigenvalue weighted by molar-refractivity contribution is 0.0702. The molecular formula is C17H6BrF5N2O4S. The highest BCUT2D eigenvalue weighted by Gasteiger charge is 2.32. The smallest absolute Gasteiger partial charge is 0.348 e. The fraction of sp³-hybridized carbons (Fsp3) is 0. The van der Waals surface area contributed by atoms with Crippen molar-refractivity contribution < 1.29 is 41.8 Å². The van der Waals surface area contributed by atoms with Crippen LogP contribution in [0.2, 0.25) is 0 Å². The van der Waals surface area contributed by atoms with Gasteiger partial charge in [-0.2, -0.15) is 0 Å². The second-order valence-corrected chi connectivity index (χ2v) is 7.48. The molecule has 30 heavy (non-hydrogen) atoms. The molecule has 0 aliphatic heterocycles. The van der Waals surface area contributed by atoms with Crippen molar-refractivity contribution in [2.24, 2.45) is 0 Å². The van der Waals surface area contributed by atoms with E-state index in [0.29, 0.717) is 4.47 Å². The van der Waals surface area contributed by atoms with Crippen molar-refractivity contribution in [3.05, 3.63) is 62.2 Å². The molecule has 6 nitrogen and oxygen atoms in total. The van der Waals surface area contributed by atoms with E-state index in [1.165, 1.54) is 18.2 Å². The number of phenolic OH excluding ortho intramolecular Hbond substituents is 1. The lowest BCUT2D eigenvalue weighted by Gasteiger charge is -2.07. The fourth-order valence-electron chi connectivity index (χ4n) is 2.36. The zero-order chi connectivity index (χ0) is 22.3. The summed E-state index contributed by atoms with van der Waals surface area (Å²) in [7, 11) is 0. The lowest BCUT2D eigenvalue weighted by Crippen LogP contribution is -2.12. The summed E-state index contributed by atoms with van der Waals surface area (Å²) in [6.45, 7) is 0. The van der Waals surface area contributed by atoms with Crippen LogP contribution in [0.1, 0.15) is 20.0 Å². The minimum atomic E-state index is -2.42. The van der Waals surface area contributed by atoms with Crippen LogP contribution in [-0.2, 0) is 0 Å². The van der Waals surface area contributed by atoms with Gasteiger partial charge in [0.15, 0.2) is 28.4 Å². The molecule has 1 amide bonds. The number of hydrogen-bond acceptors (Lipinski definition) is 5. The van der Waals surface area contributed by atoms with Crippen molar-refractivity contribution in [1.82, 2.24) is 4.98 Å². The molecule has 0 bridgehead atoms. The Morgan fingerprint density at radius 2 is 1.57 bits per heavy atom. The monoisotopic (exact) mass is 508 g/mol. The number of aromatic hydroxyl groups is 1. The van der Waals surface area contributed by atoms with E-state index in [0.717, 1.165) is 0 Å². The number of rotatable bonds is 4. The van der Waals surface area contributed by atoms with Gasteiger partial charge in [-0.3, -0.25) is 10.1 Å². The van der Waals surface area contributed by atoms with Gasteiger partial charge in [0.1, 0.15) is 16.3 Å². The Bertz CT molecular complexity index is 1190. The maximum absolute atomic E-state index is 14.1. The summed E-state index contributed by atoms with van der Waals surface area (Å²) in [4.78, 5) is 26.4. The van der Waals surface area contributed by atoms with Crippen LogP contribution in [0.3, 0.4) is 0 Å². The zero-order valence-electron chi connectivity index (χ0n) is 14.1. The van der Waals surface area contributed by atoms with Gasteiger partial charge >= 0.3 is 5.97 Å². The normalized spacial score (nSPS) is 10.9. The first kappa shape index (κ1) is 21.6. The van der Waals surface area contributed by atoms with Crippen molar-refractivity contribution in [2.45, 2.75) is 0 Å².